The number of rotatable bonds is 6. The third-order valence-electron chi connectivity index (χ3n) is 3.59. The van der Waals surface area contributed by atoms with Crippen molar-refractivity contribution in [3.8, 4) is 5.69 Å². The highest BCUT2D eigenvalue weighted by atomic mass is 16.2. The van der Waals surface area contributed by atoms with Gasteiger partial charge in [0.25, 0.3) is 0 Å². The summed E-state index contributed by atoms with van der Waals surface area (Å²) in [5.74, 6) is 0.195. The van der Waals surface area contributed by atoms with E-state index in [-0.39, 0.29) is 11.9 Å². The van der Waals surface area contributed by atoms with Crippen molar-refractivity contribution in [1.29, 1.82) is 0 Å². The van der Waals surface area contributed by atoms with Crippen LogP contribution in [0.2, 0.25) is 0 Å². The molecule has 0 fully saturated rings. The molecule has 0 spiro atoms. The second-order valence-electron chi connectivity index (χ2n) is 5.62. The molecule has 2 atom stereocenters. The summed E-state index contributed by atoms with van der Waals surface area (Å²) < 4.78 is 1.66. The van der Waals surface area contributed by atoms with Gasteiger partial charge in [0, 0.05) is 18.3 Å². The van der Waals surface area contributed by atoms with E-state index < -0.39 is 12.1 Å². The second-order valence-corrected chi connectivity index (χ2v) is 5.62. The topological polar surface area (TPSA) is 88.0 Å². The number of amides is 3. The molecule has 128 valence electrons. The number of aromatic nitrogens is 2. The number of nitrogens with zero attached hydrogens (tertiary/aromatic N) is 2. The zero-order valence-electron chi connectivity index (χ0n) is 14.1. The number of carbonyl (C=O) groups excluding carboxylic acids is 2. The Morgan fingerprint density at radius 1 is 1.12 bits per heavy atom. The number of nitrogens with one attached hydrogen (secondary N) is 3. The summed E-state index contributed by atoms with van der Waals surface area (Å²) in [6, 6.07) is 10.2. The average Bonchev–Trinajstić information content (AvgIpc) is 3.03. The van der Waals surface area contributed by atoms with E-state index in [1.807, 2.05) is 44.2 Å². The minimum atomic E-state index is -0.629. The van der Waals surface area contributed by atoms with Crippen molar-refractivity contribution >= 4 is 17.8 Å². The largest absolute Gasteiger partial charge is 0.352 e. The Morgan fingerprint density at radius 2 is 1.83 bits per heavy atom. The Hall–Kier alpha value is -2.83. The molecule has 1 heterocycles. The molecule has 0 aliphatic rings. The van der Waals surface area contributed by atoms with Crippen molar-refractivity contribution in [2.24, 2.45) is 0 Å². The van der Waals surface area contributed by atoms with Crippen molar-refractivity contribution in [1.82, 2.24) is 20.4 Å². The number of carbonyl (C=O) groups is 2. The van der Waals surface area contributed by atoms with Gasteiger partial charge in [0.1, 0.15) is 6.04 Å². The summed E-state index contributed by atoms with van der Waals surface area (Å²) >= 11 is 0. The lowest BCUT2D eigenvalue weighted by atomic mass is 10.2. The van der Waals surface area contributed by atoms with Crippen LogP contribution in [0.15, 0.2) is 42.6 Å². The predicted molar refractivity (Wildman–Crippen MR) is 93.1 cm³/mol. The van der Waals surface area contributed by atoms with Crippen LogP contribution in [-0.2, 0) is 4.79 Å². The van der Waals surface area contributed by atoms with Gasteiger partial charge in [-0.3, -0.25) is 10.1 Å². The fourth-order valence-electron chi connectivity index (χ4n) is 2.00. The highest BCUT2D eigenvalue weighted by molar-refractivity contribution is 5.92. The molecule has 2 rings (SSSR count). The van der Waals surface area contributed by atoms with Crippen LogP contribution in [0.5, 0.6) is 0 Å². The molecule has 3 amide bonds. The Bertz CT molecular complexity index is 683. The molecule has 7 nitrogen and oxygen atoms in total. The van der Waals surface area contributed by atoms with E-state index >= 15 is 0 Å². The summed E-state index contributed by atoms with van der Waals surface area (Å²) in [5.41, 5.74) is 0.896. The molecule has 24 heavy (non-hydrogen) atoms. The van der Waals surface area contributed by atoms with Gasteiger partial charge in [0.15, 0.2) is 5.82 Å². The Balaban J connectivity index is 1.89. The first-order valence-electron chi connectivity index (χ1n) is 7.98. The number of para-hydroxylation sites is 1. The number of hydrogen-bond acceptors (Lipinski definition) is 3. The molecule has 0 saturated heterocycles. The van der Waals surface area contributed by atoms with Gasteiger partial charge in [-0.15, -0.1) is 5.10 Å². The molecule has 0 unspecified atom stereocenters. The Morgan fingerprint density at radius 3 is 2.50 bits per heavy atom. The molecule has 0 saturated carbocycles. The van der Waals surface area contributed by atoms with Gasteiger partial charge in [-0.25, -0.2) is 9.48 Å². The quantitative estimate of drug-likeness (QED) is 0.760. The molecule has 1 aromatic heterocycles. The molecule has 1 aromatic carbocycles. The summed E-state index contributed by atoms with van der Waals surface area (Å²) in [4.78, 5) is 23.9. The SMILES string of the molecule is CC[C@@H](C)NC(=O)[C@H](C)NC(=O)Nc1ccn(-c2ccccc2)n1. The third-order valence-corrected chi connectivity index (χ3v) is 3.59. The van der Waals surface area contributed by atoms with Crippen molar-refractivity contribution in [3.63, 3.8) is 0 Å². The monoisotopic (exact) mass is 329 g/mol. The van der Waals surface area contributed by atoms with Gasteiger partial charge in [0.2, 0.25) is 5.91 Å². The van der Waals surface area contributed by atoms with Crippen LogP contribution in [0.25, 0.3) is 5.69 Å². The molecule has 0 radical (unpaired) electrons. The maximum Gasteiger partial charge on any atom is 0.321 e. The first-order chi connectivity index (χ1) is 11.5. The van der Waals surface area contributed by atoms with Crippen LogP contribution in [0, 0.1) is 0 Å². The standard InChI is InChI=1S/C17H23N5O2/c1-4-12(2)18-16(23)13(3)19-17(24)20-15-10-11-22(21-15)14-8-6-5-7-9-14/h5-13H,4H2,1-3H3,(H,18,23)(H2,19,20,21,24)/t12-,13+/m1/s1. The lowest BCUT2D eigenvalue weighted by Gasteiger charge is -2.17. The molecule has 2 aromatic rings. The number of benzene rings is 1. The van der Waals surface area contributed by atoms with Crippen LogP contribution >= 0.6 is 0 Å². The van der Waals surface area contributed by atoms with E-state index in [2.05, 4.69) is 21.0 Å². The Labute approximate surface area is 141 Å². The van der Waals surface area contributed by atoms with E-state index in [1.165, 1.54) is 0 Å². The van der Waals surface area contributed by atoms with Crippen LogP contribution in [0.4, 0.5) is 10.6 Å². The molecular formula is C17H23N5O2. The number of hydrogen-bond donors (Lipinski definition) is 3. The summed E-state index contributed by atoms with van der Waals surface area (Å²) in [6.45, 7) is 5.54. The third kappa shape index (κ3) is 4.84. The summed E-state index contributed by atoms with van der Waals surface area (Å²) in [7, 11) is 0. The molecule has 3 N–H and O–H groups in total. The zero-order chi connectivity index (χ0) is 17.5. The van der Waals surface area contributed by atoms with Crippen molar-refractivity contribution in [2.45, 2.75) is 39.3 Å². The maximum atomic E-state index is 12.0. The highest BCUT2D eigenvalue weighted by Gasteiger charge is 2.17. The van der Waals surface area contributed by atoms with Crippen molar-refractivity contribution in [3.05, 3.63) is 42.6 Å². The van der Waals surface area contributed by atoms with E-state index in [0.717, 1.165) is 12.1 Å². The zero-order valence-corrected chi connectivity index (χ0v) is 14.1. The van der Waals surface area contributed by atoms with Crippen LogP contribution < -0.4 is 16.0 Å². The van der Waals surface area contributed by atoms with E-state index in [4.69, 9.17) is 0 Å². The molecule has 0 bridgehead atoms. The van der Waals surface area contributed by atoms with Crippen LogP contribution in [-0.4, -0.2) is 33.8 Å². The minimum Gasteiger partial charge on any atom is -0.352 e. The molecule has 0 aliphatic heterocycles. The van der Waals surface area contributed by atoms with Crippen LogP contribution in [0.3, 0.4) is 0 Å². The molecule has 0 aliphatic carbocycles. The van der Waals surface area contributed by atoms with Gasteiger partial charge in [-0.2, -0.15) is 0 Å². The van der Waals surface area contributed by atoms with Crippen molar-refractivity contribution < 1.29 is 9.59 Å². The second kappa shape index (κ2) is 8.14. The van der Waals surface area contributed by atoms with E-state index in [1.54, 1.807) is 23.9 Å². The maximum absolute atomic E-state index is 12.0. The number of anilines is 1. The van der Waals surface area contributed by atoms with Gasteiger partial charge in [0.05, 0.1) is 5.69 Å². The van der Waals surface area contributed by atoms with E-state index in [0.29, 0.717) is 5.82 Å². The first kappa shape index (κ1) is 17.5. The lowest BCUT2D eigenvalue weighted by Crippen LogP contribution is -2.48. The fourth-order valence-corrected chi connectivity index (χ4v) is 2.00. The number of urea groups is 1. The molecular weight excluding hydrogens is 306 g/mol. The van der Waals surface area contributed by atoms with Crippen molar-refractivity contribution in [2.75, 3.05) is 5.32 Å². The summed E-state index contributed by atoms with van der Waals surface area (Å²) in [6.07, 6.45) is 2.59. The van der Waals surface area contributed by atoms with Gasteiger partial charge in [-0.05, 0) is 32.4 Å². The normalized spacial score (nSPS) is 13.0. The first-order valence-corrected chi connectivity index (χ1v) is 7.98. The smallest absolute Gasteiger partial charge is 0.321 e. The highest BCUT2D eigenvalue weighted by Crippen LogP contribution is 2.09. The van der Waals surface area contributed by atoms with Crippen LogP contribution in [0.1, 0.15) is 27.2 Å². The summed E-state index contributed by atoms with van der Waals surface area (Å²) in [5, 5.41) is 12.3. The van der Waals surface area contributed by atoms with Gasteiger partial charge in [-0.1, -0.05) is 25.1 Å². The van der Waals surface area contributed by atoms with E-state index in [9.17, 15) is 9.59 Å². The van der Waals surface area contributed by atoms with Gasteiger partial charge >= 0.3 is 6.03 Å². The molecule has 7 heteroatoms. The predicted octanol–water partition coefficient (Wildman–Crippen LogP) is 2.30. The minimum absolute atomic E-state index is 0.0754. The van der Waals surface area contributed by atoms with Gasteiger partial charge < -0.3 is 10.6 Å². The lowest BCUT2D eigenvalue weighted by molar-refractivity contribution is -0.123. The average molecular weight is 329 g/mol. The Kier molecular flexibility index (Phi) is 5.95. The fraction of sp³-hybridized carbons (Fsp3) is 0.353.